The summed E-state index contributed by atoms with van der Waals surface area (Å²) in [5.41, 5.74) is 2.08. The maximum absolute atomic E-state index is 12.6. The second kappa shape index (κ2) is 8.61. The van der Waals surface area contributed by atoms with Crippen molar-refractivity contribution in [1.82, 2.24) is 4.98 Å². The summed E-state index contributed by atoms with van der Waals surface area (Å²) in [5.74, 6) is 0.404. The van der Waals surface area contributed by atoms with Gasteiger partial charge in [0.15, 0.2) is 5.78 Å². The number of aryl methyl sites for hydroxylation is 1. The molecule has 1 N–H and O–H groups in total. The van der Waals surface area contributed by atoms with Gasteiger partial charge in [0, 0.05) is 18.2 Å². The van der Waals surface area contributed by atoms with Gasteiger partial charge in [0.1, 0.15) is 11.4 Å². The molecule has 1 aromatic heterocycles. The summed E-state index contributed by atoms with van der Waals surface area (Å²) >= 11 is 0. The van der Waals surface area contributed by atoms with Gasteiger partial charge in [-0.3, -0.25) is 10.1 Å². The smallest absolute Gasteiger partial charge is 0.413 e. The molecule has 0 fully saturated rings. The van der Waals surface area contributed by atoms with E-state index in [2.05, 4.69) is 17.2 Å². The average Bonchev–Trinajstić information content (AvgIpc) is 2.54. The first-order chi connectivity index (χ1) is 12.3. The maximum Gasteiger partial charge on any atom is 0.413 e. The van der Waals surface area contributed by atoms with Gasteiger partial charge in [-0.25, -0.2) is 9.78 Å². The molecule has 5 nitrogen and oxygen atoms in total. The van der Waals surface area contributed by atoms with Crippen molar-refractivity contribution in [1.29, 1.82) is 0 Å². The highest BCUT2D eigenvalue weighted by molar-refractivity contribution is 5.97. The first kappa shape index (κ1) is 19.6. The molecule has 0 radical (unpaired) electrons. The fourth-order valence-electron chi connectivity index (χ4n) is 2.54. The van der Waals surface area contributed by atoms with Crippen LogP contribution < -0.4 is 5.32 Å². The summed E-state index contributed by atoms with van der Waals surface area (Å²) in [5, 5.41) is 2.59. The zero-order chi connectivity index (χ0) is 19.2. The van der Waals surface area contributed by atoms with E-state index in [4.69, 9.17) is 4.74 Å². The molecule has 0 atom stereocenters. The number of nitrogens with zero attached hydrogens (tertiary/aromatic N) is 1. The van der Waals surface area contributed by atoms with Gasteiger partial charge in [0.05, 0.1) is 0 Å². The van der Waals surface area contributed by atoms with Gasteiger partial charge in [-0.05, 0) is 56.5 Å². The van der Waals surface area contributed by atoms with Gasteiger partial charge in [0.2, 0.25) is 0 Å². The molecule has 2 rings (SSSR count). The van der Waals surface area contributed by atoms with E-state index >= 15 is 0 Å². The van der Waals surface area contributed by atoms with Crippen molar-refractivity contribution in [2.24, 2.45) is 0 Å². The average molecular weight is 354 g/mol. The SMILES string of the molecule is CCCc1cccc(C(=O)Cc2ccnc(NC(=O)OC(C)(C)C)c2)c1. The minimum Gasteiger partial charge on any atom is -0.444 e. The number of carbonyl (C=O) groups excluding carboxylic acids is 2. The lowest BCUT2D eigenvalue weighted by Gasteiger charge is -2.19. The van der Waals surface area contributed by atoms with Crippen molar-refractivity contribution in [3.63, 3.8) is 0 Å². The van der Waals surface area contributed by atoms with Gasteiger partial charge < -0.3 is 4.74 Å². The van der Waals surface area contributed by atoms with Crippen molar-refractivity contribution >= 4 is 17.7 Å². The number of Topliss-reactive ketones (excluding diaryl/α,β-unsaturated/α-hetero) is 1. The van der Waals surface area contributed by atoms with E-state index in [-0.39, 0.29) is 12.2 Å². The van der Waals surface area contributed by atoms with Gasteiger partial charge >= 0.3 is 6.09 Å². The number of hydrogen-bond acceptors (Lipinski definition) is 4. The van der Waals surface area contributed by atoms with Gasteiger partial charge in [0.25, 0.3) is 0 Å². The number of ketones is 1. The van der Waals surface area contributed by atoms with Crippen LogP contribution >= 0.6 is 0 Å². The highest BCUT2D eigenvalue weighted by Crippen LogP contribution is 2.14. The van der Waals surface area contributed by atoms with Crippen molar-refractivity contribution in [3.8, 4) is 0 Å². The highest BCUT2D eigenvalue weighted by atomic mass is 16.6. The standard InChI is InChI=1S/C21H26N2O3/c1-5-7-15-8-6-9-17(12-15)18(24)13-16-10-11-22-19(14-16)23-20(25)26-21(2,3)4/h6,8-12,14H,5,7,13H2,1-4H3,(H,22,23,25). The molecular formula is C21H26N2O3. The lowest BCUT2D eigenvalue weighted by Crippen LogP contribution is -2.27. The Kier molecular flexibility index (Phi) is 6.50. The van der Waals surface area contributed by atoms with Crippen molar-refractivity contribution in [3.05, 3.63) is 59.3 Å². The van der Waals surface area contributed by atoms with Crippen LogP contribution in [0.4, 0.5) is 10.6 Å². The molecule has 0 unspecified atom stereocenters. The molecule has 5 heteroatoms. The Labute approximate surface area is 154 Å². The Balaban J connectivity index is 2.05. The Morgan fingerprint density at radius 3 is 2.58 bits per heavy atom. The molecular weight excluding hydrogens is 328 g/mol. The fourth-order valence-corrected chi connectivity index (χ4v) is 2.54. The molecule has 0 aliphatic rings. The third-order valence-corrected chi connectivity index (χ3v) is 3.61. The van der Waals surface area contributed by atoms with E-state index in [1.807, 2.05) is 24.3 Å². The molecule has 138 valence electrons. The molecule has 0 aliphatic carbocycles. The Morgan fingerprint density at radius 1 is 1.12 bits per heavy atom. The minimum absolute atomic E-state index is 0.0392. The van der Waals surface area contributed by atoms with E-state index in [1.54, 1.807) is 39.1 Å². The van der Waals surface area contributed by atoms with Gasteiger partial charge in [-0.2, -0.15) is 0 Å². The third-order valence-electron chi connectivity index (χ3n) is 3.61. The fraction of sp³-hybridized carbons (Fsp3) is 0.381. The predicted molar refractivity (Wildman–Crippen MR) is 103 cm³/mol. The number of benzene rings is 1. The monoisotopic (exact) mass is 354 g/mol. The first-order valence-electron chi connectivity index (χ1n) is 8.84. The summed E-state index contributed by atoms with van der Waals surface area (Å²) in [4.78, 5) is 28.5. The minimum atomic E-state index is -0.582. The maximum atomic E-state index is 12.6. The molecule has 1 heterocycles. The van der Waals surface area contributed by atoms with Crippen molar-refractivity contribution < 1.29 is 14.3 Å². The first-order valence-corrected chi connectivity index (χ1v) is 8.84. The summed E-state index contributed by atoms with van der Waals surface area (Å²) < 4.78 is 5.21. The topological polar surface area (TPSA) is 68.3 Å². The van der Waals surface area contributed by atoms with Gasteiger partial charge in [-0.15, -0.1) is 0 Å². The number of anilines is 1. The van der Waals surface area contributed by atoms with Crippen LogP contribution in [0.25, 0.3) is 0 Å². The zero-order valence-electron chi connectivity index (χ0n) is 15.8. The second-order valence-electron chi connectivity index (χ2n) is 7.23. The molecule has 1 aromatic carbocycles. The van der Waals surface area contributed by atoms with E-state index in [0.717, 1.165) is 18.4 Å². The van der Waals surface area contributed by atoms with Crippen LogP contribution in [0, 0.1) is 0 Å². The molecule has 0 saturated heterocycles. The van der Waals surface area contributed by atoms with E-state index in [0.29, 0.717) is 11.4 Å². The second-order valence-corrected chi connectivity index (χ2v) is 7.23. The highest BCUT2D eigenvalue weighted by Gasteiger charge is 2.17. The van der Waals surface area contributed by atoms with Crippen LogP contribution in [0.1, 0.15) is 55.6 Å². The van der Waals surface area contributed by atoms with E-state index < -0.39 is 11.7 Å². The summed E-state index contributed by atoms with van der Waals surface area (Å²) in [6.07, 6.45) is 3.26. The number of carbonyl (C=O) groups is 2. The lowest BCUT2D eigenvalue weighted by atomic mass is 10.0. The third kappa shape index (κ3) is 6.31. The van der Waals surface area contributed by atoms with E-state index in [9.17, 15) is 9.59 Å². The number of amides is 1. The predicted octanol–water partition coefficient (Wildman–Crippen LogP) is 4.81. The quantitative estimate of drug-likeness (QED) is 0.756. The normalized spacial score (nSPS) is 11.1. The summed E-state index contributed by atoms with van der Waals surface area (Å²) in [7, 11) is 0. The van der Waals surface area contributed by atoms with Crippen LogP contribution in [0.15, 0.2) is 42.6 Å². The number of rotatable bonds is 6. The van der Waals surface area contributed by atoms with Crippen LogP contribution in [-0.4, -0.2) is 22.5 Å². The molecule has 0 spiro atoms. The molecule has 2 aromatic rings. The van der Waals surface area contributed by atoms with Crippen LogP contribution in [0.2, 0.25) is 0 Å². The summed E-state index contributed by atoms with van der Waals surface area (Å²) in [6.45, 7) is 7.50. The van der Waals surface area contributed by atoms with Crippen LogP contribution in [0.5, 0.6) is 0 Å². The largest absolute Gasteiger partial charge is 0.444 e. The van der Waals surface area contributed by atoms with Crippen molar-refractivity contribution in [2.45, 2.75) is 52.6 Å². The number of aromatic nitrogens is 1. The molecule has 0 bridgehead atoms. The lowest BCUT2D eigenvalue weighted by molar-refractivity contribution is 0.0635. The number of pyridine rings is 1. The van der Waals surface area contributed by atoms with Gasteiger partial charge in [-0.1, -0.05) is 31.5 Å². The Morgan fingerprint density at radius 2 is 1.88 bits per heavy atom. The number of ether oxygens (including phenoxy) is 1. The summed E-state index contributed by atoms with van der Waals surface area (Å²) in [6, 6.07) is 11.2. The molecule has 26 heavy (non-hydrogen) atoms. The molecule has 0 saturated carbocycles. The van der Waals surface area contributed by atoms with Crippen LogP contribution in [-0.2, 0) is 17.6 Å². The molecule has 1 amide bonds. The van der Waals surface area contributed by atoms with E-state index in [1.165, 1.54) is 5.56 Å². The molecule has 0 aliphatic heterocycles. The Hall–Kier alpha value is -2.69. The Bertz CT molecular complexity index is 779. The number of nitrogens with one attached hydrogen (secondary N) is 1. The number of hydrogen-bond donors (Lipinski definition) is 1. The van der Waals surface area contributed by atoms with Crippen LogP contribution in [0.3, 0.4) is 0 Å². The zero-order valence-corrected chi connectivity index (χ0v) is 15.8. The van der Waals surface area contributed by atoms with Crippen molar-refractivity contribution in [2.75, 3.05) is 5.32 Å².